The van der Waals surface area contributed by atoms with Crippen molar-refractivity contribution in [3.8, 4) is 5.75 Å². The second-order valence-electron chi connectivity index (χ2n) is 3.08. The number of ether oxygens (including phenoxy) is 2. The first-order valence-electron chi connectivity index (χ1n) is 4.86. The summed E-state index contributed by atoms with van der Waals surface area (Å²) in [6, 6.07) is 6.92. The van der Waals surface area contributed by atoms with Gasteiger partial charge < -0.3 is 15.2 Å². The van der Waals surface area contributed by atoms with Crippen LogP contribution in [0.2, 0.25) is 0 Å². The molecule has 0 fully saturated rings. The van der Waals surface area contributed by atoms with E-state index < -0.39 is 0 Å². The molecule has 1 rings (SSSR count). The maximum Gasteiger partial charge on any atom is 0.344 e. The number of hydrogen-bond donors (Lipinski definition) is 1. The molecule has 0 bridgehead atoms. The van der Waals surface area contributed by atoms with Crippen LogP contribution in [0.15, 0.2) is 24.3 Å². The first-order chi connectivity index (χ1) is 7.22. The smallest absolute Gasteiger partial charge is 0.344 e. The third-order valence-corrected chi connectivity index (χ3v) is 1.68. The molecular formula is C11H15NO3. The largest absolute Gasteiger partial charge is 0.482 e. The fourth-order valence-corrected chi connectivity index (χ4v) is 1.00. The standard InChI is InChI=1S/C11H15NO3/c1-2-6-14-11(13)8-15-10-5-3-4-9(12)7-10/h3-5,7H,2,6,8,12H2,1H3. The van der Waals surface area contributed by atoms with E-state index in [9.17, 15) is 4.79 Å². The molecule has 0 radical (unpaired) electrons. The summed E-state index contributed by atoms with van der Waals surface area (Å²) in [5.74, 6) is 0.211. The molecule has 4 heteroatoms. The molecule has 0 amide bonds. The van der Waals surface area contributed by atoms with Crippen LogP contribution in [-0.2, 0) is 9.53 Å². The number of rotatable bonds is 5. The van der Waals surface area contributed by atoms with Crippen LogP contribution < -0.4 is 10.5 Å². The van der Waals surface area contributed by atoms with Crippen LogP contribution in [0, 0.1) is 0 Å². The zero-order chi connectivity index (χ0) is 11.1. The van der Waals surface area contributed by atoms with Gasteiger partial charge in [-0.25, -0.2) is 4.79 Å². The Morgan fingerprint density at radius 2 is 2.27 bits per heavy atom. The number of anilines is 1. The summed E-state index contributed by atoms with van der Waals surface area (Å²) in [5, 5.41) is 0. The topological polar surface area (TPSA) is 61.5 Å². The van der Waals surface area contributed by atoms with Crippen molar-refractivity contribution in [1.82, 2.24) is 0 Å². The van der Waals surface area contributed by atoms with Gasteiger partial charge in [0.05, 0.1) is 6.61 Å². The highest BCUT2D eigenvalue weighted by Gasteiger charge is 2.03. The van der Waals surface area contributed by atoms with Gasteiger partial charge in [0.15, 0.2) is 6.61 Å². The van der Waals surface area contributed by atoms with Crippen molar-refractivity contribution in [2.24, 2.45) is 0 Å². The summed E-state index contributed by atoms with van der Waals surface area (Å²) >= 11 is 0. The van der Waals surface area contributed by atoms with E-state index in [1.54, 1.807) is 24.3 Å². The Labute approximate surface area is 89.0 Å². The van der Waals surface area contributed by atoms with Gasteiger partial charge in [-0.3, -0.25) is 0 Å². The lowest BCUT2D eigenvalue weighted by Gasteiger charge is -2.06. The summed E-state index contributed by atoms with van der Waals surface area (Å²) in [5.41, 5.74) is 6.15. The number of esters is 1. The van der Waals surface area contributed by atoms with E-state index in [1.807, 2.05) is 6.92 Å². The van der Waals surface area contributed by atoms with Crippen LogP contribution in [0.1, 0.15) is 13.3 Å². The number of hydrogen-bond acceptors (Lipinski definition) is 4. The normalized spacial score (nSPS) is 9.67. The van der Waals surface area contributed by atoms with Gasteiger partial charge in [0, 0.05) is 11.8 Å². The lowest BCUT2D eigenvalue weighted by atomic mass is 10.3. The lowest BCUT2D eigenvalue weighted by Crippen LogP contribution is -2.15. The van der Waals surface area contributed by atoms with Gasteiger partial charge >= 0.3 is 5.97 Å². The zero-order valence-electron chi connectivity index (χ0n) is 8.73. The van der Waals surface area contributed by atoms with Gasteiger partial charge in [0.25, 0.3) is 0 Å². The van der Waals surface area contributed by atoms with Crippen LogP contribution in [0.4, 0.5) is 5.69 Å². The number of carbonyl (C=O) groups is 1. The van der Waals surface area contributed by atoms with Gasteiger partial charge in [-0.15, -0.1) is 0 Å². The monoisotopic (exact) mass is 209 g/mol. The third-order valence-electron chi connectivity index (χ3n) is 1.68. The molecule has 0 aromatic heterocycles. The van der Waals surface area contributed by atoms with Gasteiger partial charge in [0.1, 0.15) is 5.75 Å². The first-order valence-corrected chi connectivity index (χ1v) is 4.86. The predicted molar refractivity (Wildman–Crippen MR) is 57.6 cm³/mol. The average molecular weight is 209 g/mol. The Kier molecular flexibility index (Phi) is 4.47. The van der Waals surface area contributed by atoms with Gasteiger partial charge in [-0.1, -0.05) is 13.0 Å². The van der Waals surface area contributed by atoms with E-state index in [0.29, 0.717) is 18.0 Å². The highest BCUT2D eigenvalue weighted by Crippen LogP contribution is 2.14. The van der Waals surface area contributed by atoms with Crippen molar-refractivity contribution in [3.63, 3.8) is 0 Å². The van der Waals surface area contributed by atoms with Crippen LogP contribution in [0.5, 0.6) is 5.75 Å². The molecular weight excluding hydrogens is 194 g/mol. The molecule has 0 unspecified atom stereocenters. The minimum absolute atomic E-state index is 0.0799. The average Bonchev–Trinajstić information content (AvgIpc) is 2.23. The Hall–Kier alpha value is -1.71. The molecule has 0 atom stereocenters. The summed E-state index contributed by atoms with van der Waals surface area (Å²) in [4.78, 5) is 11.1. The fraction of sp³-hybridized carbons (Fsp3) is 0.364. The summed E-state index contributed by atoms with van der Waals surface area (Å²) in [6.45, 7) is 2.29. The van der Waals surface area contributed by atoms with Gasteiger partial charge in [-0.05, 0) is 18.6 Å². The van der Waals surface area contributed by atoms with Crippen molar-refractivity contribution >= 4 is 11.7 Å². The molecule has 0 saturated heterocycles. The fourth-order valence-electron chi connectivity index (χ4n) is 1.00. The molecule has 4 nitrogen and oxygen atoms in total. The number of nitrogen functional groups attached to an aromatic ring is 1. The van der Waals surface area contributed by atoms with Crippen molar-refractivity contribution < 1.29 is 14.3 Å². The molecule has 0 saturated carbocycles. The SMILES string of the molecule is CCCOC(=O)COc1cccc(N)c1. The van der Waals surface area contributed by atoms with Crippen LogP contribution in [-0.4, -0.2) is 19.2 Å². The van der Waals surface area contributed by atoms with E-state index in [1.165, 1.54) is 0 Å². The molecule has 0 heterocycles. The predicted octanol–water partition coefficient (Wildman–Crippen LogP) is 1.60. The van der Waals surface area contributed by atoms with E-state index in [4.69, 9.17) is 15.2 Å². The summed E-state index contributed by atoms with van der Waals surface area (Å²) < 4.78 is 10.0. The zero-order valence-corrected chi connectivity index (χ0v) is 8.73. The Morgan fingerprint density at radius 1 is 1.47 bits per heavy atom. The molecule has 0 spiro atoms. The van der Waals surface area contributed by atoms with Crippen molar-refractivity contribution in [2.45, 2.75) is 13.3 Å². The maximum atomic E-state index is 11.1. The quantitative estimate of drug-likeness (QED) is 0.591. The molecule has 0 aliphatic carbocycles. The van der Waals surface area contributed by atoms with Gasteiger partial charge in [-0.2, -0.15) is 0 Å². The van der Waals surface area contributed by atoms with Crippen molar-refractivity contribution in [2.75, 3.05) is 18.9 Å². The number of benzene rings is 1. The van der Waals surface area contributed by atoms with Crippen LogP contribution in [0.3, 0.4) is 0 Å². The highest BCUT2D eigenvalue weighted by molar-refractivity contribution is 5.71. The minimum atomic E-state index is -0.362. The van der Waals surface area contributed by atoms with E-state index in [2.05, 4.69) is 0 Å². The third kappa shape index (κ3) is 4.35. The van der Waals surface area contributed by atoms with E-state index in [0.717, 1.165) is 6.42 Å². The molecule has 1 aromatic carbocycles. The second-order valence-corrected chi connectivity index (χ2v) is 3.08. The van der Waals surface area contributed by atoms with Gasteiger partial charge in [0.2, 0.25) is 0 Å². The van der Waals surface area contributed by atoms with Crippen molar-refractivity contribution in [1.29, 1.82) is 0 Å². The van der Waals surface area contributed by atoms with E-state index >= 15 is 0 Å². The Balaban J connectivity index is 2.33. The highest BCUT2D eigenvalue weighted by atomic mass is 16.6. The minimum Gasteiger partial charge on any atom is -0.482 e. The maximum absolute atomic E-state index is 11.1. The first kappa shape index (κ1) is 11.4. The number of carbonyl (C=O) groups excluding carboxylic acids is 1. The molecule has 82 valence electrons. The molecule has 1 aromatic rings. The van der Waals surface area contributed by atoms with Crippen LogP contribution in [0.25, 0.3) is 0 Å². The van der Waals surface area contributed by atoms with E-state index in [-0.39, 0.29) is 12.6 Å². The molecule has 0 aliphatic rings. The molecule has 2 N–H and O–H groups in total. The lowest BCUT2D eigenvalue weighted by molar-refractivity contribution is -0.146. The second kappa shape index (κ2) is 5.90. The van der Waals surface area contributed by atoms with Crippen LogP contribution >= 0.6 is 0 Å². The van der Waals surface area contributed by atoms with Crippen molar-refractivity contribution in [3.05, 3.63) is 24.3 Å². The molecule has 15 heavy (non-hydrogen) atoms. The Bertz CT molecular complexity index is 325. The number of nitrogens with two attached hydrogens (primary N) is 1. The Morgan fingerprint density at radius 3 is 2.93 bits per heavy atom. The molecule has 0 aliphatic heterocycles. The summed E-state index contributed by atoms with van der Waals surface area (Å²) in [6.07, 6.45) is 0.810. The summed E-state index contributed by atoms with van der Waals surface area (Å²) in [7, 11) is 0.